The Labute approximate surface area is 114 Å². The zero-order valence-electron chi connectivity index (χ0n) is 10.8. The van der Waals surface area contributed by atoms with Gasteiger partial charge < -0.3 is 10.6 Å². The van der Waals surface area contributed by atoms with E-state index >= 15 is 0 Å². The lowest BCUT2D eigenvalue weighted by atomic mass is 10.1. The zero-order chi connectivity index (χ0) is 12.3. The number of nitrogens with one attached hydrogen (secondary N) is 2. The molecule has 1 amide bonds. The molecule has 0 atom stereocenters. The fraction of sp³-hybridized carbons (Fsp3) is 0.462. The summed E-state index contributed by atoms with van der Waals surface area (Å²) < 4.78 is 0. The Bertz CT molecular complexity index is 390. The first-order valence-corrected chi connectivity index (χ1v) is 5.92. The molecule has 1 aliphatic rings. The first-order valence-electron chi connectivity index (χ1n) is 5.92. The van der Waals surface area contributed by atoms with Crippen LogP contribution in [0.15, 0.2) is 24.3 Å². The summed E-state index contributed by atoms with van der Waals surface area (Å²) in [5, 5.41) is 6.10. The molecule has 1 saturated heterocycles. The summed E-state index contributed by atoms with van der Waals surface area (Å²) in [5.41, 5.74) is 2.06. The van der Waals surface area contributed by atoms with Crippen molar-refractivity contribution in [3.8, 4) is 0 Å². The van der Waals surface area contributed by atoms with E-state index < -0.39 is 0 Å². The maximum absolute atomic E-state index is 11.8. The minimum Gasteiger partial charge on any atom is -0.325 e. The van der Waals surface area contributed by atoms with Gasteiger partial charge in [-0.3, -0.25) is 9.69 Å². The van der Waals surface area contributed by atoms with Crippen LogP contribution < -0.4 is 10.6 Å². The van der Waals surface area contributed by atoms with Gasteiger partial charge in [0.05, 0.1) is 6.54 Å². The molecule has 18 heavy (non-hydrogen) atoms. The number of amides is 1. The number of aryl methyl sites for hydroxylation is 1. The summed E-state index contributed by atoms with van der Waals surface area (Å²) in [6.07, 6.45) is 0. The summed E-state index contributed by atoms with van der Waals surface area (Å²) in [7, 11) is 1.99. The molecule has 0 saturated carbocycles. The van der Waals surface area contributed by atoms with Crippen molar-refractivity contribution in [3.63, 3.8) is 0 Å². The van der Waals surface area contributed by atoms with Crippen molar-refractivity contribution >= 4 is 24.0 Å². The number of carbonyl (C=O) groups is 1. The second-order valence-corrected chi connectivity index (χ2v) is 4.64. The molecule has 5 heteroatoms. The number of carbonyl (C=O) groups excluding carboxylic acids is 1. The van der Waals surface area contributed by atoms with Crippen LogP contribution in [0.2, 0.25) is 0 Å². The van der Waals surface area contributed by atoms with Crippen molar-refractivity contribution in [2.24, 2.45) is 0 Å². The van der Waals surface area contributed by atoms with Gasteiger partial charge in [0.1, 0.15) is 0 Å². The number of rotatable bonds is 4. The Morgan fingerprint density at radius 2 is 2.00 bits per heavy atom. The van der Waals surface area contributed by atoms with Crippen LogP contribution in [-0.2, 0) is 4.79 Å². The third-order valence-corrected chi connectivity index (χ3v) is 3.11. The minimum absolute atomic E-state index is 0. The van der Waals surface area contributed by atoms with Crippen molar-refractivity contribution in [2.75, 3.05) is 32.0 Å². The number of halogens is 1. The molecule has 1 aromatic carbocycles. The van der Waals surface area contributed by atoms with Crippen LogP contribution in [0.4, 0.5) is 5.69 Å². The predicted octanol–water partition coefficient (Wildman–Crippen LogP) is 1.26. The Kier molecular flexibility index (Phi) is 5.59. The molecule has 0 unspecified atom stereocenters. The molecule has 4 nitrogen and oxygen atoms in total. The quantitative estimate of drug-likeness (QED) is 0.865. The Morgan fingerprint density at radius 3 is 2.50 bits per heavy atom. The van der Waals surface area contributed by atoms with E-state index in [0.717, 1.165) is 18.8 Å². The molecule has 0 aromatic heterocycles. The van der Waals surface area contributed by atoms with Crippen molar-refractivity contribution in [1.29, 1.82) is 0 Å². The van der Waals surface area contributed by atoms with Crippen molar-refractivity contribution in [1.82, 2.24) is 10.2 Å². The van der Waals surface area contributed by atoms with Gasteiger partial charge in [-0.25, -0.2) is 0 Å². The van der Waals surface area contributed by atoms with Crippen LogP contribution in [-0.4, -0.2) is 43.5 Å². The van der Waals surface area contributed by atoms with Crippen LogP contribution in [0.5, 0.6) is 0 Å². The number of hydrogen-bond donors (Lipinski definition) is 2. The number of anilines is 1. The monoisotopic (exact) mass is 269 g/mol. The first kappa shape index (κ1) is 15.0. The van der Waals surface area contributed by atoms with Crippen molar-refractivity contribution in [3.05, 3.63) is 29.8 Å². The topological polar surface area (TPSA) is 44.4 Å². The second kappa shape index (κ2) is 6.73. The number of likely N-dealkylation sites (N-methyl/N-ethyl adjacent to an activating group) is 1. The molecule has 1 fully saturated rings. The van der Waals surface area contributed by atoms with Crippen LogP contribution in [0, 0.1) is 6.92 Å². The fourth-order valence-corrected chi connectivity index (χ4v) is 1.78. The standard InChI is InChI=1S/C13H19N3O.ClH/c1-10-3-5-11(6-4-10)15-13(17)9-16(2)12-7-14-8-12;/h3-6,12,14H,7-9H2,1-2H3,(H,15,17);1H. The number of nitrogens with zero attached hydrogens (tertiary/aromatic N) is 1. The highest BCUT2D eigenvalue weighted by Crippen LogP contribution is 2.09. The van der Waals surface area contributed by atoms with E-state index in [1.165, 1.54) is 5.56 Å². The van der Waals surface area contributed by atoms with Crippen LogP contribution >= 0.6 is 12.4 Å². The molecule has 1 heterocycles. The molecule has 0 radical (unpaired) electrons. The average Bonchev–Trinajstić information content (AvgIpc) is 2.18. The Balaban J connectivity index is 0.00000162. The summed E-state index contributed by atoms with van der Waals surface area (Å²) in [6.45, 7) is 4.44. The highest BCUT2D eigenvalue weighted by Gasteiger charge is 2.22. The van der Waals surface area contributed by atoms with E-state index in [4.69, 9.17) is 0 Å². The normalized spacial score (nSPS) is 14.8. The molecular weight excluding hydrogens is 250 g/mol. The summed E-state index contributed by atoms with van der Waals surface area (Å²) in [4.78, 5) is 13.9. The van der Waals surface area contributed by atoms with Gasteiger partial charge in [0.15, 0.2) is 0 Å². The summed E-state index contributed by atoms with van der Waals surface area (Å²) in [6, 6.07) is 8.35. The largest absolute Gasteiger partial charge is 0.325 e. The molecule has 2 rings (SSSR count). The molecule has 0 bridgehead atoms. The first-order chi connectivity index (χ1) is 8.15. The Hall–Kier alpha value is -1.10. The minimum atomic E-state index is 0. The lowest BCUT2D eigenvalue weighted by Crippen LogP contribution is -2.57. The van der Waals surface area contributed by atoms with E-state index in [1.807, 2.05) is 38.2 Å². The lowest BCUT2D eigenvalue weighted by Gasteiger charge is -2.35. The molecule has 100 valence electrons. The number of benzene rings is 1. The highest BCUT2D eigenvalue weighted by atomic mass is 35.5. The fourth-order valence-electron chi connectivity index (χ4n) is 1.78. The second-order valence-electron chi connectivity index (χ2n) is 4.64. The molecule has 0 aliphatic carbocycles. The molecular formula is C13H20ClN3O. The van der Waals surface area contributed by atoms with E-state index in [-0.39, 0.29) is 18.3 Å². The maximum Gasteiger partial charge on any atom is 0.238 e. The van der Waals surface area contributed by atoms with Crippen LogP contribution in [0.1, 0.15) is 5.56 Å². The van der Waals surface area contributed by atoms with Gasteiger partial charge in [0, 0.05) is 24.8 Å². The molecule has 0 spiro atoms. The molecule has 2 N–H and O–H groups in total. The SMILES string of the molecule is Cc1ccc(NC(=O)CN(C)C2CNC2)cc1.Cl. The zero-order valence-corrected chi connectivity index (χ0v) is 11.6. The summed E-state index contributed by atoms with van der Waals surface area (Å²) >= 11 is 0. The lowest BCUT2D eigenvalue weighted by molar-refractivity contribution is -0.117. The van der Waals surface area contributed by atoms with Crippen LogP contribution in [0.25, 0.3) is 0 Å². The van der Waals surface area contributed by atoms with E-state index in [9.17, 15) is 4.79 Å². The van der Waals surface area contributed by atoms with E-state index in [1.54, 1.807) is 0 Å². The van der Waals surface area contributed by atoms with E-state index in [0.29, 0.717) is 12.6 Å². The Morgan fingerprint density at radius 1 is 1.39 bits per heavy atom. The highest BCUT2D eigenvalue weighted by molar-refractivity contribution is 5.92. The third kappa shape index (κ3) is 3.98. The summed E-state index contributed by atoms with van der Waals surface area (Å²) in [5.74, 6) is 0.0447. The van der Waals surface area contributed by atoms with Crippen LogP contribution in [0.3, 0.4) is 0 Å². The molecule has 1 aliphatic heterocycles. The van der Waals surface area contributed by atoms with Gasteiger partial charge in [-0.15, -0.1) is 12.4 Å². The number of hydrogen-bond acceptors (Lipinski definition) is 3. The van der Waals surface area contributed by atoms with Gasteiger partial charge in [-0.1, -0.05) is 17.7 Å². The predicted molar refractivity (Wildman–Crippen MR) is 76.3 cm³/mol. The smallest absolute Gasteiger partial charge is 0.238 e. The van der Waals surface area contributed by atoms with Crippen molar-refractivity contribution in [2.45, 2.75) is 13.0 Å². The van der Waals surface area contributed by atoms with E-state index in [2.05, 4.69) is 15.5 Å². The molecule has 1 aromatic rings. The van der Waals surface area contributed by atoms with Gasteiger partial charge in [0.25, 0.3) is 0 Å². The van der Waals surface area contributed by atoms with Gasteiger partial charge in [-0.2, -0.15) is 0 Å². The van der Waals surface area contributed by atoms with Gasteiger partial charge in [0.2, 0.25) is 5.91 Å². The third-order valence-electron chi connectivity index (χ3n) is 3.11. The van der Waals surface area contributed by atoms with Crippen molar-refractivity contribution < 1.29 is 4.79 Å². The van der Waals surface area contributed by atoms with Gasteiger partial charge in [-0.05, 0) is 26.1 Å². The average molecular weight is 270 g/mol. The maximum atomic E-state index is 11.8. The van der Waals surface area contributed by atoms with Gasteiger partial charge >= 0.3 is 0 Å².